The zero-order valence-corrected chi connectivity index (χ0v) is 14.9. The molecule has 4 rings (SSSR count). The maximum atomic E-state index is 12.5. The Kier molecular flexibility index (Phi) is 4.34. The van der Waals surface area contributed by atoms with Gasteiger partial charge in [-0.15, -0.1) is 11.3 Å². The van der Waals surface area contributed by atoms with Crippen molar-refractivity contribution in [3.05, 3.63) is 51.4 Å². The number of aromatic amines is 1. The Bertz CT molecular complexity index is 1030. The Labute approximate surface area is 153 Å². The molecule has 1 atom stereocenters. The van der Waals surface area contributed by atoms with Gasteiger partial charge in [0.2, 0.25) is 0 Å². The van der Waals surface area contributed by atoms with Gasteiger partial charge in [-0.05, 0) is 24.6 Å². The third-order valence-electron chi connectivity index (χ3n) is 4.26. The zero-order valence-electron chi connectivity index (χ0n) is 14.1. The van der Waals surface area contributed by atoms with Crippen LogP contribution in [0.1, 0.15) is 21.7 Å². The normalized spacial score (nSPS) is 15.8. The van der Waals surface area contributed by atoms with Crippen molar-refractivity contribution in [3.63, 3.8) is 0 Å². The number of ether oxygens (including phenoxy) is 2. The number of benzene rings is 1. The highest BCUT2D eigenvalue weighted by atomic mass is 32.1. The number of carbonyl (C=O) groups is 1. The molecule has 0 aliphatic carbocycles. The van der Waals surface area contributed by atoms with Gasteiger partial charge in [0.15, 0.2) is 11.5 Å². The maximum Gasteiger partial charge on any atom is 0.261 e. The molecule has 3 aromatic rings. The summed E-state index contributed by atoms with van der Waals surface area (Å²) in [5, 5.41) is 3.36. The first kappa shape index (κ1) is 16.6. The van der Waals surface area contributed by atoms with E-state index in [1.54, 1.807) is 6.92 Å². The summed E-state index contributed by atoms with van der Waals surface area (Å²) in [6, 6.07) is 7.53. The van der Waals surface area contributed by atoms with Gasteiger partial charge in [0.05, 0.1) is 16.6 Å². The number of fused-ring (bicyclic) bond motifs is 2. The van der Waals surface area contributed by atoms with Gasteiger partial charge in [-0.1, -0.05) is 12.1 Å². The molecular formula is C18H17N3O4S. The summed E-state index contributed by atoms with van der Waals surface area (Å²) in [7, 11) is 0. The summed E-state index contributed by atoms with van der Waals surface area (Å²) >= 11 is 1.22. The lowest BCUT2D eigenvalue weighted by molar-refractivity contribution is 0.0814. The second-order valence-corrected chi connectivity index (χ2v) is 7.01. The molecule has 1 aliphatic rings. The number of hydrogen-bond donors (Lipinski definition) is 2. The first-order valence-electron chi connectivity index (χ1n) is 8.27. The van der Waals surface area contributed by atoms with E-state index in [-0.39, 0.29) is 17.6 Å². The van der Waals surface area contributed by atoms with Crippen molar-refractivity contribution in [2.24, 2.45) is 0 Å². The van der Waals surface area contributed by atoms with E-state index in [2.05, 4.69) is 15.3 Å². The Morgan fingerprint density at radius 1 is 1.38 bits per heavy atom. The molecule has 26 heavy (non-hydrogen) atoms. The number of aryl methyl sites for hydroxylation is 1. The van der Waals surface area contributed by atoms with Gasteiger partial charge in [0, 0.05) is 13.0 Å². The van der Waals surface area contributed by atoms with Crippen LogP contribution in [-0.2, 0) is 0 Å². The Morgan fingerprint density at radius 3 is 3.00 bits per heavy atom. The van der Waals surface area contributed by atoms with Crippen LogP contribution in [0.4, 0.5) is 0 Å². The van der Waals surface area contributed by atoms with Crippen LogP contribution in [0.25, 0.3) is 10.2 Å². The molecule has 0 unspecified atom stereocenters. The van der Waals surface area contributed by atoms with Crippen molar-refractivity contribution in [1.82, 2.24) is 15.3 Å². The van der Waals surface area contributed by atoms with E-state index < -0.39 is 0 Å². The highest BCUT2D eigenvalue weighted by Gasteiger charge is 2.22. The van der Waals surface area contributed by atoms with Gasteiger partial charge in [-0.25, -0.2) is 4.98 Å². The molecule has 1 aliphatic heterocycles. The highest BCUT2D eigenvalue weighted by Crippen LogP contribution is 2.31. The molecule has 1 amide bonds. The fourth-order valence-electron chi connectivity index (χ4n) is 2.93. The zero-order chi connectivity index (χ0) is 18.1. The number of amides is 1. The van der Waals surface area contributed by atoms with E-state index in [9.17, 15) is 9.59 Å². The Morgan fingerprint density at radius 2 is 2.19 bits per heavy atom. The molecule has 134 valence electrons. The SMILES string of the molecule is Cc1c(C(=O)NCC[C@@H]2COc3ccccc3O2)sc2nc[nH]c(=O)c12. The Hall–Kier alpha value is -2.87. The van der Waals surface area contributed by atoms with Crippen LogP contribution in [0.5, 0.6) is 11.5 Å². The smallest absolute Gasteiger partial charge is 0.261 e. The maximum absolute atomic E-state index is 12.5. The van der Waals surface area contributed by atoms with Gasteiger partial charge >= 0.3 is 0 Å². The molecule has 2 aromatic heterocycles. The molecule has 7 nitrogen and oxygen atoms in total. The minimum Gasteiger partial charge on any atom is -0.486 e. The quantitative estimate of drug-likeness (QED) is 0.734. The summed E-state index contributed by atoms with van der Waals surface area (Å²) in [6.45, 7) is 2.67. The predicted octanol–water partition coefficient (Wildman–Crippen LogP) is 2.25. The number of hydrogen-bond acceptors (Lipinski definition) is 6. The molecule has 0 saturated heterocycles. The Balaban J connectivity index is 1.39. The minimum atomic E-state index is -0.228. The number of H-pyrrole nitrogens is 1. The van der Waals surface area contributed by atoms with E-state index >= 15 is 0 Å². The van der Waals surface area contributed by atoms with Gasteiger partial charge < -0.3 is 19.8 Å². The number of aromatic nitrogens is 2. The summed E-state index contributed by atoms with van der Waals surface area (Å²) in [5.74, 6) is 1.26. The summed E-state index contributed by atoms with van der Waals surface area (Å²) in [4.78, 5) is 32.1. The molecule has 0 saturated carbocycles. The molecule has 1 aromatic carbocycles. The van der Waals surface area contributed by atoms with Gasteiger partial charge in [0.1, 0.15) is 17.5 Å². The van der Waals surface area contributed by atoms with Crippen molar-refractivity contribution >= 4 is 27.5 Å². The van der Waals surface area contributed by atoms with Crippen LogP contribution in [0, 0.1) is 6.92 Å². The minimum absolute atomic E-state index is 0.113. The van der Waals surface area contributed by atoms with Crippen LogP contribution in [0.3, 0.4) is 0 Å². The summed E-state index contributed by atoms with van der Waals surface area (Å²) in [5.41, 5.74) is 0.428. The number of thiophene rings is 1. The van der Waals surface area contributed by atoms with Crippen LogP contribution < -0.4 is 20.3 Å². The second kappa shape index (κ2) is 6.80. The monoisotopic (exact) mass is 371 g/mol. The van der Waals surface area contributed by atoms with Gasteiger partial charge in [-0.3, -0.25) is 9.59 Å². The number of para-hydroxylation sites is 2. The fraction of sp³-hybridized carbons (Fsp3) is 0.278. The van der Waals surface area contributed by atoms with E-state index in [0.717, 1.165) is 11.5 Å². The molecule has 0 fully saturated rings. The second-order valence-electron chi connectivity index (χ2n) is 6.01. The molecular weight excluding hydrogens is 354 g/mol. The van der Waals surface area contributed by atoms with Crippen molar-refractivity contribution in [2.45, 2.75) is 19.4 Å². The van der Waals surface area contributed by atoms with Crippen LogP contribution >= 0.6 is 11.3 Å². The van der Waals surface area contributed by atoms with Crippen molar-refractivity contribution in [2.75, 3.05) is 13.2 Å². The molecule has 0 bridgehead atoms. The molecule has 8 heteroatoms. The van der Waals surface area contributed by atoms with Crippen LogP contribution in [0.2, 0.25) is 0 Å². The number of rotatable bonds is 4. The van der Waals surface area contributed by atoms with Crippen molar-refractivity contribution in [3.8, 4) is 11.5 Å². The molecule has 2 N–H and O–H groups in total. The number of nitrogens with one attached hydrogen (secondary N) is 2. The van der Waals surface area contributed by atoms with E-state index in [0.29, 0.717) is 40.2 Å². The lowest BCUT2D eigenvalue weighted by atomic mass is 10.2. The lowest BCUT2D eigenvalue weighted by Crippen LogP contribution is -2.34. The standard InChI is InChI=1S/C18H17N3O4S/c1-10-14-16(22)20-9-21-18(14)26-15(10)17(23)19-7-6-11-8-24-12-4-2-3-5-13(12)25-11/h2-5,9,11H,6-8H2,1H3,(H,19,23)(H,20,21,22)/t11-/m1/s1. The first-order valence-corrected chi connectivity index (χ1v) is 9.08. The lowest BCUT2D eigenvalue weighted by Gasteiger charge is -2.26. The van der Waals surface area contributed by atoms with Crippen LogP contribution in [0.15, 0.2) is 35.4 Å². The predicted molar refractivity (Wildman–Crippen MR) is 98.3 cm³/mol. The molecule has 0 spiro atoms. The average Bonchev–Trinajstić information content (AvgIpc) is 2.99. The highest BCUT2D eigenvalue weighted by molar-refractivity contribution is 7.20. The fourth-order valence-corrected chi connectivity index (χ4v) is 3.99. The van der Waals surface area contributed by atoms with E-state index in [1.165, 1.54) is 17.7 Å². The van der Waals surface area contributed by atoms with Crippen LogP contribution in [-0.4, -0.2) is 35.1 Å². The average molecular weight is 371 g/mol. The first-order chi connectivity index (χ1) is 12.6. The van der Waals surface area contributed by atoms with Gasteiger partial charge in [0.25, 0.3) is 11.5 Å². The number of carbonyl (C=O) groups excluding carboxylic acids is 1. The van der Waals surface area contributed by atoms with Crippen molar-refractivity contribution in [1.29, 1.82) is 0 Å². The van der Waals surface area contributed by atoms with E-state index in [4.69, 9.17) is 9.47 Å². The van der Waals surface area contributed by atoms with Crippen molar-refractivity contribution < 1.29 is 14.3 Å². The molecule has 3 heterocycles. The number of nitrogens with zero attached hydrogens (tertiary/aromatic N) is 1. The molecule has 0 radical (unpaired) electrons. The van der Waals surface area contributed by atoms with Gasteiger partial charge in [-0.2, -0.15) is 0 Å². The largest absolute Gasteiger partial charge is 0.486 e. The summed E-state index contributed by atoms with van der Waals surface area (Å²) < 4.78 is 11.5. The van der Waals surface area contributed by atoms with E-state index in [1.807, 2.05) is 24.3 Å². The topological polar surface area (TPSA) is 93.3 Å². The third-order valence-corrected chi connectivity index (χ3v) is 5.46. The summed E-state index contributed by atoms with van der Waals surface area (Å²) in [6.07, 6.45) is 1.86. The third kappa shape index (κ3) is 3.03.